The zero-order chi connectivity index (χ0) is 18.7. The van der Waals surface area contributed by atoms with Gasteiger partial charge in [0.25, 0.3) is 11.8 Å². The molecule has 1 N–H and O–H groups in total. The van der Waals surface area contributed by atoms with E-state index in [1.165, 1.54) is 4.90 Å². The number of amides is 2. The third-order valence-electron chi connectivity index (χ3n) is 4.63. The number of nitrogens with zero attached hydrogens (tertiary/aromatic N) is 1. The number of benzene rings is 1. The van der Waals surface area contributed by atoms with E-state index in [9.17, 15) is 19.2 Å². The molecule has 0 aromatic heterocycles. The van der Waals surface area contributed by atoms with E-state index in [0.29, 0.717) is 36.1 Å². The molecule has 1 aliphatic heterocycles. The number of hydrogen-bond acceptors (Lipinski definition) is 4. The second-order valence-corrected chi connectivity index (χ2v) is 6.42. The predicted octanol–water partition coefficient (Wildman–Crippen LogP) is 2.75. The number of carbonyl (C=O) groups is 4. The lowest BCUT2D eigenvalue weighted by Gasteiger charge is -2.16. The summed E-state index contributed by atoms with van der Waals surface area (Å²) >= 11 is 0. The van der Waals surface area contributed by atoms with Crippen LogP contribution in [0.2, 0.25) is 0 Å². The number of carboxylic acid groups (broad SMARTS) is 1. The molecule has 0 saturated heterocycles. The fourth-order valence-electron chi connectivity index (χ4n) is 3.23. The SMILES string of the molecule is O=C(O)CCC1=CC=C(CCCN2C(=O)c3ccccc3C2=O)CC1=O. The molecular formula is C20H19NO5. The van der Waals surface area contributed by atoms with Gasteiger partial charge in [-0.25, -0.2) is 0 Å². The minimum absolute atomic E-state index is 0.0514. The first kappa shape index (κ1) is 17.8. The first-order valence-electron chi connectivity index (χ1n) is 8.56. The molecule has 134 valence electrons. The van der Waals surface area contributed by atoms with Crippen LogP contribution in [-0.4, -0.2) is 40.1 Å². The van der Waals surface area contributed by atoms with Gasteiger partial charge in [-0.3, -0.25) is 24.1 Å². The van der Waals surface area contributed by atoms with Gasteiger partial charge in [-0.2, -0.15) is 0 Å². The highest BCUT2D eigenvalue weighted by Gasteiger charge is 2.34. The molecule has 26 heavy (non-hydrogen) atoms. The number of imide groups is 1. The average molecular weight is 353 g/mol. The van der Waals surface area contributed by atoms with Crippen LogP contribution in [0.4, 0.5) is 0 Å². The summed E-state index contributed by atoms with van der Waals surface area (Å²) in [6, 6.07) is 6.78. The molecule has 0 saturated carbocycles. The minimum Gasteiger partial charge on any atom is -0.481 e. The van der Waals surface area contributed by atoms with Gasteiger partial charge < -0.3 is 5.11 Å². The fourth-order valence-corrected chi connectivity index (χ4v) is 3.23. The van der Waals surface area contributed by atoms with Crippen LogP contribution in [0.15, 0.2) is 47.6 Å². The Bertz CT molecular complexity index is 815. The van der Waals surface area contributed by atoms with Gasteiger partial charge >= 0.3 is 5.97 Å². The van der Waals surface area contributed by atoms with Gasteiger partial charge in [0.15, 0.2) is 5.78 Å². The zero-order valence-corrected chi connectivity index (χ0v) is 14.2. The Labute approximate surface area is 150 Å². The molecule has 0 spiro atoms. The highest BCUT2D eigenvalue weighted by Crippen LogP contribution is 2.25. The van der Waals surface area contributed by atoms with Gasteiger partial charge in [0.05, 0.1) is 11.1 Å². The number of rotatable bonds is 7. The summed E-state index contributed by atoms with van der Waals surface area (Å²) in [6.07, 6.45) is 5.19. The number of allylic oxidation sites excluding steroid dienone is 4. The van der Waals surface area contributed by atoms with Crippen LogP contribution in [0.3, 0.4) is 0 Å². The van der Waals surface area contributed by atoms with Crippen molar-refractivity contribution in [2.45, 2.75) is 32.1 Å². The first-order valence-corrected chi connectivity index (χ1v) is 8.56. The Morgan fingerprint density at radius 3 is 2.23 bits per heavy atom. The van der Waals surface area contributed by atoms with E-state index in [1.54, 1.807) is 30.3 Å². The topological polar surface area (TPSA) is 91.8 Å². The van der Waals surface area contributed by atoms with Crippen molar-refractivity contribution in [3.05, 3.63) is 58.7 Å². The number of fused-ring (bicyclic) bond motifs is 1. The summed E-state index contributed by atoms with van der Waals surface area (Å²) < 4.78 is 0. The summed E-state index contributed by atoms with van der Waals surface area (Å²) in [4.78, 5) is 48.5. The molecule has 6 nitrogen and oxygen atoms in total. The van der Waals surface area contributed by atoms with Crippen molar-refractivity contribution in [1.29, 1.82) is 0 Å². The smallest absolute Gasteiger partial charge is 0.303 e. The molecule has 1 aromatic rings. The van der Waals surface area contributed by atoms with Crippen LogP contribution in [0, 0.1) is 0 Å². The van der Waals surface area contributed by atoms with Crippen LogP contribution in [-0.2, 0) is 9.59 Å². The summed E-state index contributed by atoms with van der Waals surface area (Å²) in [6.45, 7) is 0.313. The lowest BCUT2D eigenvalue weighted by atomic mass is 9.92. The van der Waals surface area contributed by atoms with E-state index >= 15 is 0 Å². The average Bonchev–Trinajstić information content (AvgIpc) is 2.86. The standard InChI is InChI=1S/C20H19NO5/c22-17-12-13(7-8-14(17)9-10-18(23)24)4-3-11-21-19(25)15-5-1-2-6-16(15)20(21)26/h1-2,5-8H,3-4,9-12H2,(H,23,24). The monoisotopic (exact) mass is 353 g/mol. The van der Waals surface area contributed by atoms with Crippen LogP contribution < -0.4 is 0 Å². The molecular weight excluding hydrogens is 334 g/mol. The van der Waals surface area contributed by atoms with Crippen molar-refractivity contribution in [2.24, 2.45) is 0 Å². The van der Waals surface area contributed by atoms with Crippen LogP contribution >= 0.6 is 0 Å². The van der Waals surface area contributed by atoms with E-state index < -0.39 is 5.97 Å². The van der Waals surface area contributed by atoms with Gasteiger partial charge in [0.2, 0.25) is 0 Å². The number of carbonyl (C=O) groups excluding carboxylic acids is 3. The third kappa shape index (κ3) is 3.64. The zero-order valence-electron chi connectivity index (χ0n) is 14.2. The van der Waals surface area contributed by atoms with E-state index in [2.05, 4.69) is 0 Å². The van der Waals surface area contributed by atoms with Crippen LogP contribution in [0.5, 0.6) is 0 Å². The molecule has 6 heteroatoms. The lowest BCUT2D eigenvalue weighted by Crippen LogP contribution is -2.30. The van der Waals surface area contributed by atoms with Crippen molar-refractivity contribution < 1.29 is 24.3 Å². The molecule has 0 fully saturated rings. The summed E-state index contributed by atoms with van der Waals surface area (Å²) in [5, 5.41) is 8.70. The highest BCUT2D eigenvalue weighted by atomic mass is 16.4. The van der Waals surface area contributed by atoms with Gasteiger partial charge in [0.1, 0.15) is 0 Å². The van der Waals surface area contributed by atoms with Crippen molar-refractivity contribution in [3.63, 3.8) is 0 Å². The molecule has 0 atom stereocenters. The maximum absolute atomic E-state index is 12.3. The molecule has 1 aliphatic carbocycles. The quantitative estimate of drug-likeness (QED) is 0.761. The molecule has 0 radical (unpaired) electrons. The van der Waals surface area contributed by atoms with Crippen molar-refractivity contribution in [3.8, 4) is 0 Å². The third-order valence-corrected chi connectivity index (χ3v) is 4.63. The number of ketones is 1. The van der Waals surface area contributed by atoms with Gasteiger partial charge in [-0.15, -0.1) is 0 Å². The van der Waals surface area contributed by atoms with Gasteiger partial charge in [-0.1, -0.05) is 29.9 Å². The Hall–Kier alpha value is -3.02. The van der Waals surface area contributed by atoms with Gasteiger partial charge in [0, 0.05) is 19.4 Å². The van der Waals surface area contributed by atoms with Crippen LogP contribution in [0.25, 0.3) is 0 Å². The second-order valence-electron chi connectivity index (χ2n) is 6.42. The number of hydrogen-bond donors (Lipinski definition) is 1. The fraction of sp³-hybridized carbons (Fsp3) is 0.300. The second kappa shape index (κ2) is 7.47. The van der Waals surface area contributed by atoms with E-state index in [4.69, 9.17) is 5.11 Å². The summed E-state index contributed by atoms with van der Waals surface area (Å²) in [7, 11) is 0. The van der Waals surface area contributed by atoms with Crippen molar-refractivity contribution in [1.82, 2.24) is 4.90 Å². The number of Topliss-reactive ketones (excluding diaryl/α,β-unsaturated/α-hetero) is 1. The van der Waals surface area contributed by atoms with Crippen molar-refractivity contribution in [2.75, 3.05) is 6.54 Å². The molecule has 1 heterocycles. The summed E-state index contributed by atoms with van der Waals surface area (Å²) in [5.41, 5.74) is 2.35. The van der Waals surface area contributed by atoms with E-state index in [0.717, 1.165) is 5.57 Å². The maximum Gasteiger partial charge on any atom is 0.303 e. The Kier molecular flexibility index (Phi) is 5.11. The van der Waals surface area contributed by atoms with E-state index in [1.807, 2.05) is 6.08 Å². The Morgan fingerprint density at radius 1 is 1.00 bits per heavy atom. The molecule has 0 unspecified atom stereocenters. The molecule has 1 aromatic carbocycles. The molecule has 2 amide bonds. The normalized spacial score (nSPS) is 16.5. The number of carboxylic acids is 1. The first-order chi connectivity index (χ1) is 12.5. The van der Waals surface area contributed by atoms with Gasteiger partial charge in [-0.05, 0) is 37.0 Å². The van der Waals surface area contributed by atoms with E-state index in [-0.39, 0.29) is 36.9 Å². The maximum atomic E-state index is 12.3. The Morgan fingerprint density at radius 2 is 1.65 bits per heavy atom. The van der Waals surface area contributed by atoms with Crippen LogP contribution in [0.1, 0.15) is 52.8 Å². The largest absolute Gasteiger partial charge is 0.481 e. The molecule has 0 bridgehead atoms. The molecule has 2 aliphatic rings. The lowest BCUT2D eigenvalue weighted by molar-refractivity contribution is -0.136. The number of aliphatic carboxylic acids is 1. The molecule has 3 rings (SSSR count). The van der Waals surface area contributed by atoms with Crippen molar-refractivity contribution >= 4 is 23.6 Å². The minimum atomic E-state index is -0.922. The highest BCUT2D eigenvalue weighted by molar-refractivity contribution is 6.21. The predicted molar refractivity (Wildman–Crippen MR) is 93.7 cm³/mol. The summed E-state index contributed by atoms with van der Waals surface area (Å²) in [5.74, 6) is -1.51. The Balaban J connectivity index is 1.55.